The Labute approximate surface area is 118 Å². The van der Waals surface area contributed by atoms with Crippen molar-refractivity contribution in [3.05, 3.63) is 0 Å². The summed E-state index contributed by atoms with van der Waals surface area (Å²) in [5.41, 5.74) is 5.70. The third-order valence-electron chi connectivity index (χ3n) is 3.29. The molecule has 0 aromatic rings. The molecule has 0 aliphatic heterocycles. The van der Waals surface area contributed by atoms with Gasteiger partial charge in [-0.1, -0.05) is 13.3 Å². The van der Waals surface area contributed by atoms with E-state index in [0.717, 1.165) is 17.7 Å². The van der Waals surface area contributed by atoms with E-state index in [1.807, 2.05) is 6.92 Å². The SMILES string of the molecule is CCCCN(CC(F)(F)F)C(=O)C1CCC(N)C1.Cl. The Morgan fingerprint density at radius 2 is 2.00 bits per heavy atom. The van der Waals surface area contributed by atoms with Crippen molar-refractivity contribution >= 4 is 18.3 Å². The summed E-state index contributed by atoms with van der Waals surface area (Å²) in [7, 11) is 0. The number of rotatable bonds is 5. The van der Waals surface area contributed by atoms with E-state index in [-0.39, 0.29) is 36.8 Å². The minimum absolute atomic E-state index is 0. The van der Waals surface area contributed by atoms with Gasteiger partial charge in [-0.3, -0.25) is 4.79 Å². The van der Waals surface area contributed by atoms with Crippen molar-refractivity contribution < 1.29 is 18.0 Å². The molecule has 0 radical (unpaired) electrons. The molecule has 0 heterocycles. The lowest BCUT2D eigenvalue weighted by atomic mass is 10.1. The molecule has 114 valence electrons. The summed E-state index contributed by atoms with van der Waals surface area (Å²) in [6, 6.07) is -0.0436. The van der Waals surface area contributed by atoms with Crippen LogP contribution in [-0.4, -0.2) is 36.1 Å². The second-order valence-electron chi connectivity index (χ2n) is 5.00. The zero-order valence-corrected chi connectivity index (χ0v) is 11.9. The van der Waals surface area contributed by atoms with Gasteiger partial charge in [0.15, 0.2) is 0 Å². The Morgan fingerprint density at radius 1 is 1.37 bits per heavy atom. The smallest absolute Gasteiger partial charge is 0.333 e. The first-order valence-corrected chi connectivity index (χ1v) is 6.44. The number of alkyl halides is 3. The Hall–Kier alpha value is -0.490. The van der Waals surface area contributed by atoms with Gasteiger partial charge in [-0.2, -0.15) is 13.2 Å². The van der Waals surface area contributed by atoms with Crippen molar-refractivity contribution in [1.29, 1.82) is 0 Å². The highest BCUT2D eigenvalue weighted by Gasteiger charge is 2.37. The maximum absolute atomic E-state index is 12.4. The van der Waals surface area contributed by atoms with Gasteiger partial charge >= 0.3 is 6.18 Å². The first-order valence-electron chi connectivity index (χ1n) is 6.44. The van der Waals surface area contributed by atoms with Crippen molar-refractivity contribution in [2.45, 2.75) is 51.2 Å². The van der Waals surface area contributed by atoms with Gasteiger partial charge in [-0.05, 0) is 25.7 Å². The van der Waals surface area contributed by atoms with Crippen LogP contribution in [0.3, 0.4) is 0 Å². The Kier molecular flexibility index (Phi) is 7.74. The van der Waals surface area contributed by atoms with Gasteiger partial charge in [0.2, 0.25) is 5.91 Å². The van der Waals surface area contributed by atoms with Gasteiger partial charge in [0, 0.05) is 18.5 Å². The molecular weight excluding hydrogens is 281 g/mol. The normalized spacial score (nSPS) is 23.0. The fourth-order valence-corrected chi connectivity index (χ4v) is 2.33. The Balaban J connectivity index is 0.00000324. The predicted octanol–water partition coefficient (Wildman–Crippen LogP) is 2.73. The molecule has 1 saturated carbocycles. The summed E-state index contributed by atoms with van der Waals surface area (Å²) in [5.74, 6) is -0.701. The van der Waals surface area contributed by atoms with E-state index < -0.39 is 12.7 Å². The largest absolute Gasteiger partial charge is 0.406 e. The lowest BCUT2D eigenvalue weighted by Gasteiger charge is -2.26. The van der Waals surface area contributed by atoms with E-state index in [4.69, 9.17) is 5.73 Å². The highest BCUT2D eigenvalue weighted by molar-refractivity contribution is 5.85. The van der Waals surface area contributed by atoms with Gasteiger partial charge in [0.1, 0.15) is 6.54 Å². The van der Waals surface area contributed by atoms with Crippen molar-refractivity contribution in [2.75, 3.05) is 13.1 Å². The maximum Gasteiger partial charge on any atom is 0.406 e. The molecule has 7 heteroatoms. The number of unbranched alkanes of at least 4 members (excludes halogenated alkanes) is 1. The summed E-state index contributed by atoms with van der Waals surface area (Å²) in [4.78, 5) is 13.0. The molecule has 0 aromatic carbocycles. The molecule has 2 N–H and O–H groups in total. The highest BCUT2D eigenvalue weighted by Crippen LogP contribution is 2.27. The zero-order chi connectivity index (χ0) is 13.8. The molecule has 1 aliphatic carbocycles. The molecular formula is C12H22ClF3N2O. The van der Waals surface area contributed by atoms with Gasteiger partial charge in [0.05, 0.1) is 0 Å². The van der Waals surface area contributed by atoms with E-state index in [0.29, 0.717) is 19.3 Å². The number of nitrogens with zero attached hydrogens (tertiary/aromatic N) is 1. The van der Waals surface area contributed by atoms with Crippen LogP contribution in [0.2, 0.25) is 0 Å². The average molecular weight is 303 g/mol. The number of halogens is 4. The summed E-state index contributed by atoms with van der Waals surface area (Å²) in [6.07, 6.45) is -1.11. The van der Waals surface area contributed by atoms with Crippen LogP contribution in [0.1, 0.15) is 39.0 Å². The van der Waals surface area contributed by atoms with Crippen molar-refractivity contribution in [3.63, 3.8) is 0 Å². The molecule has 0 spiro atoms. The van der Waals surface area contributed by atoms with Crippen LogP contribution in [0.15, 0.2) is 0 Å². The van der Waals surface area contributed by atoms with Crippen LogP contribution in [-0.2, 0) is 4.79 Å². The minimum Gasteiger partial charge on any atom is -0.333 e. The molecule has 1 rings (SSSR count). The van der Waals surface area contributed by atoms with E-state index in [2.05, 4.69) is 0 Å². The van der Waals surface area contributed by atoms with Crippen LogP contribution in [0.4, 0.5) is 13.2 Å². The molecule has 0 saturated heterocycles. The number of carbonyl (C=O) groups excluding carboxylic acids is 1. The molecule has 19 heavy (non-hydrogen) atoms. The van der Waals surface area contributed by atoms with Gasteiger partial charge in [-0.15, -0.1) is 12.4 Å². The summed E-state index contributed by atoms with van der Waals surface area (Å²) in [5, 5.41) is 0. The minimum atomic E-state index is -4.33. The summed E-state index contributed by atoms with van der Waals surface area (Å²) < 4.78 is 37.3. The van der Waals surface area contributed by atoms with Crippen LogP contribution < -0.4 is 5.73 Å². The van der Waals surface area contributed by atoms with Crippen LogP contribution in [0.25, 0.3) is 0 Å². The predicted molar refractivity (Wildman–Crippen MR) is 70.1 cm³/mol. The third kappa shape index (κ3) is 6.47. The molecule has 1 aliphatic rings. The number of carbonyl (C=O) groups is 1. The molecule has 1 amide bonds. The lowest BCUT2D eigenvalue weighted by molar-refractivity contribution is -0.163. The van der Waals surface area contributed by atoms with Crippen molar-refractivity contribution in [1.82, 2.24) is 4.90 Å². The van der Waals surface area contributed by atoms with Crippen molar-refractivity contribution in [2.24, 2.45) is 11.7 Å². The van der Waals surface area contributed by atoms with Gasteiger partial charge < -0.3 is 10.6 Å². The molecule has 3 nitrogen and oxygen atoms in total. The second-order valence-corrected chi connectivity index (χ2v) is 5.00. The van der Waals surface area contributed by atoms with Gasteiger partial charge in [0.25, 0.3) is 0 Å². The highest BCUT2D eigenvalue weighted by atomic mass is 35.5. The second kappa shape index (κ2) is 7.94. The van der Waals surface area contributed by atoms with Crippen LogP contribution in [0.5, 0.6) is 0 Å². The monoisotopic (exact) mass is 302 g/mol. The lowest BCUT2D eigenvalue weighted by Crippen LogP contribution is -2.42. The van der Waals surface area contributed by atoms with E-state index in [1.165, 1.54) is 0 Å². The average Bonchev–Trinajstić information content (AvgIpc) is 2.68. The Bertz CT molecular complexity index is 287. The maximum atomic E-state index is 12.4. The first kappa shape index (κ1) is 18.5. The molecule has 0 aromatic heterocycles. The number of hydrogen-bond acceptors (Lipinski definition) is 2. The van der Waals surface area contributed by atoms with Crippen LogP contribution >= 0.6 is 12.4 Å². The molecule has 0 bridgehead atoms. The van der Waals surface area contributed by atoms with E-state index >= 15 is 0 Å². The molecule has 2 atom stereocenters. The third-order valence-corrected chi connectivity index (χ3v) is 3.29. The van der Waals surface area contributed by atoms with Crippen molar-refractivity contribution in [3.8, 4) is 0 Å². The summed E-state index contributed by atoms with van der Waals surface area (Å²) >= 11 is 0. The van der Waals surface area contributed by atoms with Gasteiger partial charge in [-0.25, -0.2) is 0 Å². The summed E-state index contributed by atoms with van der Waals surface area (Å²) in [6.45, 7) is 0.930. The fourth-order valence-electron chi connectivity index (χ4n) is 2.33. The molecule has 1 fully saturated rings. The quantitative estimate of drug-likeness (QED) is 0.849. The number of amides is 1. The fraction of sp³-hybridized carbons (Fsp3) is 0.917. The number of hydrogen-bond donors (Lipinski definition) is 1. The zero-order valence-electron chi connectivity index (χ0n) is 11.1. The Morgan fingerprint density at radius 3 is 2.42 bits per heavy atom. The topological polar surface area (TPSA) is 46.3 Å². The van der Waals surface area contributed by atoms with E-state index in [1.54, 1.807) is 0 Å². The van der Waals surface area contributed by atoms with E-state index in [9.17, 15) is 18.0 Å². The first-order chi connectivity index (χ1) is 8.33. The standard InChI is InChI=1S/C12H21F3N2O.ClH/c1-2-3-6-17(8-12(13,14)15)11(18)9-4-5-10(16)7-9;/h9-10H,2-8,16H2,1H3;1H. The van der Waals surface area contributed by atoms with Crippen LogP contribution in [0, 0.1) is 5.92 Å². The molecule has 2 unspecified atom stereocenters. The number of nitrogens with two attached hydrogens (primary N) is 1.